The molecule has 0 aliphatic carbocycles. The van der Waals surface area contributed by atoms with Crippen LogP contribution in [0.3, 0.4) is 0 Å². The summed E-state index contributed by atoms with van der Waals surface area (Å²) in [5, 5.41) is 10.4. The molecule has 3 aromatic carbocycles. The maximum atomic E-state index is 10.4. The largest absolute Gasteiger partial charge is 0.506 e. The van der Waals surface area contributed by atoms with E-state index in [-0.39, 0.29) is 5.75 Å². The highest BCUT2D eigenvalue weighted by atomic mass is 16.5. The molecule has 3 aromatic rings. The second kappa shape index (κ2) is 4.81. The quantitative estimate of drug-likeness (QED) is 0.517. The number of aryl methyl sites for hydroxylation is 1. The van der Waals surface area contributed by atoms with Crippen LogP contribution in [-0.2, 0) is 0 Å². The standard InChI is InChI=1S/C19H15NO2/c1-13-7-2-3-8-14(13)20-15-9-4-5-11-17(15)22-18-12-6-10-16(21)19(18)20/h2-12,21H,1H3. The Labute approximate surface area is 129 Å². The third-order valence-electron chi connectivity index (χ3n) is 3.88. The molecule has 0 saturated heterocycles. The molecule has 0 atom stereocenters. The first-order chi connectivity index (χ1) is 10.8. The van der Waals surface area contributed by atoms with Crippen LogP contribution in [0.5, 0.6) is 17.2 Å². The molecule has 1 heterocycles. The second-order valence-corrected chi connectivity index (χ2v) is 5.32. The zero-order valence-electron chi connectivity index (χ0n) is 12.2. The molecule has 0 unspecified atom stereocenters. The van der Waals surface area contributed by atoms with Crippen LogP contribution in [0.1, 0.15) is 5.56 Å². The Hall–Kier alpha value is -2.94. The number of hydrogen-bond donors (Lipinski definition) is 1. The summed E-state index contributed by atoms with van der Waals surface area (Å²) in [5.41, 5.74) is 3.76. The van der Waals surface area contributed by atoms with Gasteiger partial charge in [-0.25, -0.2) is 0 Å². The summed E-state index contributed by atoms with van der Waals surface area (Å²) in [6.45, 7) is 2.06. The minimum atomic E-state index is 0.204. The SMILES string of the molecule is Cc1ccccc1N1c2ccccc2Oc2cccc(O)c21. The first kappa shape index (κ1) is 12.8. The van der Waals surface area contributed by atoms with E-state index in [1.165, 1.54) is 0 Å². The van der Waals surface area contributed by atoms with Gasteiger partial charge in [0, 0.05) is 5.69 Å². The van der Waals surface area contributed by atoms with Gasteiger partial charge in [-0.1, -0.05) is 36.4 Å². The number of para-hydroxylation sites is 4. The smallest absolute Gasteiger partial charge is 0.155 e. The van der Waals surface area contributed by atoms with Gasteiger partial charge < -0.3 is 14.7 Å². The lowest BCUT2D eigenvalue weighted by Crippen LogP contribution is -2.16. The van der Waals surface area contributed by atoms with Crippen molar-refractivity contribution in [1.29, 1.82) is 0 Å². The van der Waals surface area contributed by atoms with Gasteiger partial charge in [-0.05, 0) is 42.8 Å². The molecule has 0 spiro atoms. The number of rotatable bonds is 1. The number of phenols is 1. The van der Waals surface area contributed by atoms with Gasteiger partial charge in [0.25, 0.3) is 0 Å². The average Bonchev–Trinajstić information content (AvgIpc) is 2.54. The van der Waals surface area contributed by atoms with Crippen LogP contribution in [0.25, 0.3) is 0 Å². The molecule has 22 heavy (non-hydrogen) atoms. The van der Waals surface area contributed by atoms with Crippen molar-refractivity contribution in [3.63, 3.8) is 0 Å². The monoisotopic (exact) mass is 289 g/mol. The predicted octanol–water partition coefficient (Wildman–Crippen LogP) is 5.28. The van der Waals surface area contributed by atoms with E-state index in [0.717, 1.165) is 22.7 Å². The van der Waals surface area contributed by atoms with Crippen LogP contribution in [0.15, 0.2) is 66.7 Å². The fourth-order valence-corrected chi connectivity index (χ4v) is 2.85. The van der Waals surface area contributed by atoms with Crippen LogP contribution in [0.4, 0.5) is 17.1 Å². The molecule has 0 amide bonds. The van der Waals surface area contributed by atoms with Crippen molar-refractivity contribution in [1.82, 2.24) is 0 Å². The van der Waals surface area contributed by atoms with Gasteiger partial charge in [0.1, 0.15) is 11.4 Å². The Morgan fingerprint density at radius 1 is 0.773 bits per heavy atom. The summed E-state index contributed by atoms with van der Waals surface area (Å²) in [6.07, 6.45) is 0. The fraction of sp³-hybridized carbons (Fsp3) is 0.0526. The summed E-state index contributed by atoms with van der Waals surface area (Å²) >= 11 is 0. The summed E-state index contributed by atoms with van der Waals surface area (Å²) in [4.78, 5) is 2.05. The molecule has 0 bridgehead atoms. The average molecular weight is 289 g/mol. The van der Waals surface area contributed by atoms with Crippen molar-refractivity contribution in [3.8, 4) is 17.2 Å². The van der Waals surface area contributed by atoms with E-state index in [2.05, 4.69) is 17.9 Å². The molecule has 0 fully saturated rings. The van der Waals surface area contributed by atoms with Crippen LogP contribution >= 0.6 is 0 Å². The Morgan fingerprint density at radius 3 is 2.27 bits per heavy atom. The highest BCUT2D eigenvalue weighted by Crippen LogP contribution is 2.53. The van der Waals surface area contributed by atoms with Crippen molar-refractivity contribution >= 4 is 17.1 Å². The predicted molar refractivity (Wildman–Crippen MR) is 87.6 cm³/mol. The summed E-state index contributed by atoms with van der Waals surface area (Å²) in [6, 6.07) is 21.3. The van der Waals surface area contributed by atoms with Crippen molar-refractivity contribution in [2.75, 3.05) is 4.90 Å². The highest BCUT2D eigenvalue weighted by molar-refractivity contribution is 5.89. The number of benzene rings is 3. The van der Waals surface area contributed by atoms with Crippen LogP contribution in [-0.4, -0.2) is 5.11 Å². The number of phenolic OH excluding ortho intramolecular Hbond substituents is 1. The normalized spacial score (nSPS) is 12.3. The Kier molecular flexibility index (Phi) is 2.79. The molecule has 0 radical (unpaired) electrons. The molecular weight excluding hydrogens is 274 g/mol. The fourth-order valence-electron chi connectivity index (χ4n) is 2.85. The molecule has 1 N–H and O–H groups in total. The van der Waals surface area contributed by atoms with E-state index in [0.29, 0.717) is 11.4 Å². The Bertz CT molecular complexity index is 847. The lowest BCUT2D eigenvalue weighted by molar-refractivity contribution is 0.451. The van der Waals surface area contributed by atoms with Gasteiger partial charge in [0.15, 0.2) is 11.5 Å². The van der Waals surface area contributed by atoms with Gasteiger partial charge in [-0.2, -0.15) is 0 Å². The van der Waals surface area contributed by atoms with Gasteiger partial charge in [0.05, 0.1) is 5.69 Å². The molecular formula is C19H15NO2. The molecule has 1 aliphatic rings. The lowest BCUT2D eigenvalue weighted by atomic mass is 10.1. The number of aromatic hydroxyl groups is 1. The van der Waals surface area contributed by atoms with Gasteiger partial charge in [-0.15, -0.1) is 0 Å². The van der Waals surface area contributed by atoms with Crippen molar-refractivity contribution in [2.24, 2.45) is 0 Å². The molecule has 1 aliphatic heterocycles. The topological polar surface area (TPSA) is 32.7 Å². The first-order valence-electron chi connectivity index (χ1n) is 7.20. The maximum Gasteiger partial charge on any atom is 0.155 e. The van der Waals surface area contributed by atoms with E-state index in [9.17, 15) is 5.11 Å². The zero-order chi connectivity index (χ0) is 15.1. The van der Waals surface area contributed by atoms with Gasteiger partial charge >= 0.3 is 0 Å². The summed E-state index contributed by atoms with van der Waals surface area (Å²) < 4.78 is 5.95. The molecule has 3 nitrogen and oxygen atoms in total. The maximum absolute atomic E-state index is 10.4. The summed E-state index contributed by atoms with van der Waals surface area (Å²) in [7, 11) is 0. The number of fused-ring (bicyclic) bond motifs is 2. The number of ether oxygens (including phenoxy) is 1. The minimum Gasteiger partial charge on any atom is -0.506 e. The highest BCUT2D eigenvalue weighted by Gasteiger charge is 2.28. The number of hydrogen-bond acceptors (Lipinski definition) is 3. The van der Waals surface area contributed by atoms with Crippen LogP contribution in [0, 0.1) is 6.92 Å². The molecule has 3 heteroatoms. The Balaban J connectivity index is 2.04. The van der Waals surface area contributed by atoms with Crippen molar-refractivity contribution < 1.29 is 9.84 Å². The van der Waals surface area contributed by atoms with Gasteiger partial charge in [-0.3, -0.25) is 0 Å². The first-order valence-corrected chi connectivity index (χ1v) is 7.20. The zero-order valence-corrected chi connectivity index (χ0v) is 12.2. The van der Waals surface area contributed by atoms with E-state index in [1.807, 2.05) is 48.5 Å². The number of anilines is 3. The lowest BCUT2D eigenvalue weighted by Gasteiger charge is -2.34. The van der Waals surface area contributed by atoms with E-state index in [1.54, 1.807) is 12.1 Å². The second-order valence-electron chi connectivity index (χ2n) is 5.32. The molecule has 108 valence electrons. The van der Waals surface area contributed by atoms with Crippen molar-refractivity contribution in [2.45, 2.75) is 6.92 Å². The van der Waals surface area contributed by atoms with E-state index in [4.69, 9.17) is 4.74 Å². The molecule has 4 rings (SSSR count). The third-order valence-corrected chi connectivity index (χ3v) is 3.88. The summed E-state index contributed by atoms with van der Waals surface area (Å²) in [5.74, 6) is 1.64. The Morgan fingerprint density at radius 2 is 1.45 bits per heavy atom. The van der Waals surface area contributed by atoms with E-state index >= 15 is 0 Å². The van der Waals surface area contributed by atoms with Gasteiger partial charge in [0.2, 0.25) is 0 Å². The van der Waals surface area contributed by atoms with E-state index < -0.39 is 0 Å². The minimum absolute atomic E-state index is 0.204. The van der Waals surface area contributed by atoms with Crippen LogP contribution < -0.4 is 9.64 Å². The molecule has 0 aromatic heterocycles. The third kappa shape index (κ3) is 1.83. The molecule has 0 saturated carbocycles. The number of nitrogens with zero attached hydrogens (tertiary/aromatic N) is 1. The van der Waals surface area contributed by atoms with Crippen molar-refractivity contribution in [3.05, 3.63) is 72.3 Å². The van der Waals surface area contributed by atoms with Crippen LogP contribution in [0.2, 0.25) is 0 Å².